The van der Waals surface area contributed by atoms with Crippen LogP contribution in [0, 0.1) is 11.8 Å². The number of benzene rings is 1. The monoisotopic (exact) mass is 287 g/mol. The van der Waals surface area contributed by atoms with Crippen LogP contribution in [0.1, 0.15) is 56.2 Å². The highest BCUT2D eigenvalue weighted by Gasteiger charge is 2.31. The van der Waals surface area contributed by atoms with E-state index in [-0.39, 0.29) is 0 Å². The van der Waals surface area contributed by atoms with Gasteiger partial charge in [0.05, 0.1) is 0 Å². The van der Waals surface area contributed by atoms with Gasteiger partial charge in [-0.15, -0.1) is 0 Å². The molecular formula is C19H29NO. The number of hydrogen-bond donors (Lipinski definition) is 1. The highest BCUT2D eigenvalue weighted by molar-refractivity contribution is 5.33. The lowest BCUT2D eigenvalue weighted by Gasteiger charge is -2.37. The van der Waals surface area contributed by atoms with Gasteiger partial charge in [0.25, 0.3) is 0 Å². The van der Waals surface area contributed by atoms with E-state index < -0.39 is 0 Å². The second-order valence-corrected chi connectivity index (χ2v) is 6.72. The Morgan fingerprint density at radius 1 is 1.14 bits per heavy atom. The van der Waals surface area contributed by atoms with Crippen molar-refractivity contribution in [3.05, 3.63) is 35.4 Å². The lowest BCUT2D eigenvalue weighted by atomic mass is 9.74. The summed E-state index contributed by atoms with van der Waals surface area (Å²) in [5.74, 6) is 1.68. The van der Waals surface area contributed by atoms with Crippen LogP contribution in [0.2, 0.25) is 0 Å². The lowest BCUT2D eigenvalue weighted by molar-refractivity contribution is 0.0548. The first-order valence-electron chi connectivity index (χ1n) is 8.77. The maximum Gasteiger partial charge on any atom is 0.0468 e. The molecular weight excluding hydrogens is 258 g/mol. The molecule has 1 N–H and O–H groups in total. The van der Waals surface area contributed by atoms with Gasteiger partial charge in [-0.05, 0) is 68.0 Å². The summed E-state index contributed by atoms with van der Waals surface area (Å²) in [7, 11) is 0. The average molecular weight is 287 g/mol. The van der Waals surface area contributed by atoms with Gasteiger partial charge in [-0.1, -0.05) is 31.2 Å². The Bertz CT molecular complexity index is 439. The molecule has 21 heavy (non-hydrogen) atoms. The Balaban J connectivity index is 1.72. The molecule has 0 bridgehead atoms. The largest absolute Gasteiger partial charge is 0.381 e. The molecule has 0 radical (unpaired) electrons. The third-order valence-corrected chi connectivity index (χ3v) is 5.24. The van der Waals surface area contributed by atoms with Crippen molar-refractivity contribution < 1.29 is 4.74 Å². The minimum absolute atomic E-state index is 0.567. The zero-order chi connectivity index (χ0) is 14.5. The summed E-state index contributed by atoms with van der Waals surface area (Å²) >= 11 is 0. The lowest BCUT2D eigenvalue weighted by Crippen LogP contribution is -2.34. The summed E-state index contributed by atoms with van der Waals surface area (Å²) in [4.78, 5) is 0. The first-order valence-corrected chi connectivity index (χ1v) is 8.77. The molecule has 0 amide bonds. The van der Waals surface area contributed by atoms with Crippen molar-refractivity contribution in [3.8, 4) is 0 Å². The van der Waals surface area contributed by atoms with E-state index >= 15 is 0 Å². The Labute approximate surface area is 129 Å². The van der Waals surface area contributed by atoms with Crippen molar-refractivity contribution in [2.75, 3.05) is 19.8 Å². The highest BCUT2D eigenvalue weighted by Crippen LogP contribution is 2.39. The van der Waals surface area contributed by atoms with Gasteiger partial charge < -0.3 is 10.1 Å². The van der Waals surface area contributed by atoms with E-state index in [0.29, 0.717) is 6.04 Å². The SMILES string of the molecule is CCCNC1c2ccccc2CCC1CC1CCOCC1. The molecule has 1 saturated heterocycles. The fourth-order valence-electron chi connectivity index (χ4n) is 4.07. The average Bonchev–Trinajstić information content (AvgIpc) is 2.55. The van der Waals surface area contributed by atoms with Crippen LogP contribution in [0.3, 0.4) is 0 Å². The van der Waals surface area contributed by atoms with Gasteiger partial charge in [0.1, 0.15) is 0 Å². The van der Waals surface area contributed by atoms with Crippen LogP contribution in [0.25, 0.3) is 0 Å². The number of hydrogen-bond acceptors (Lipinski definition) is 2. The minimum atomic E-state index is 0.567. The molecule has 0 aromatic heterocycles. The summed E-state index contributed by atoms with van der Waals surface area (Å²) in [6, 6.07) is 9.63. The molecule has 2 heteroatoms. The van der Waals surface area contributed by atoms with E-state index in [1.54, 1.807) is 11.1 Å². The second-order valence-electron chi connectivity index (χ2n) is 6.72. The molecule has 1 aliphatic carbocycles. The van der Waals surface area contributed by atoms with Gasteiger partial charge in [-0.25, -0.2) is 0 Å². The normalized spacial score (nSPS) is 26.5. The van der Waals surface area contributed by atoms with Crippen LogP contribution in [-0.4, -0.2) is 19.8 Å². The molecule has 2 aliphatic rings. The Hall–Kier alpha value is -0.860. The van der Waals surface area contributed by atoms with E-state index in [1.165, 1.54) is 38.5 Å². The van der Waals surface area contributed by atoms with Crippen LogP contribution in [0.15, 0.2) is 24.3 Å². The van der Waals surface area contributed by atoms with Crippen molar-refractivity contribution in [1.82, 2.24) is 5.32 Å². The number of ether oxygens (including phenoxy) is 1. The highest BCUT2D eigenvalue weighted by atomic mass is 16.5. The first kappa shape index (κ1) is 15.1. The van der Waals surface area contributed by atoms with Gasteiger partial charge in [-0.2, -0.15) is 0 Å². The van der Waals surface area contributed by atoms with E-state index in [0.717, 1.165) is 31.6 Å². The smallest absolute Gasteiger partial charge is 0.0468 e. The third kappa shape index (κ3) is 3.67. The van der Waals surface area contributed by atoms with Crippen molar-refractivity contribution in [3.63, 3.8) is 0 Å². The van der Waals surface area contributed by atoms with E-state index in [1.807, 2.05) is 0 Å². The van der Waals surface area contributed by atoms with Crippen molar-refractivity contribution in [2.24, 2.45) is 11.8 Å². The molecule has 1 aromatic rings. The quantitative estimate of drug-likeness (QED) is 0.880. The van der Waals surface area contributed by atoms with Gasteiger partial charge in [0.2, 0.25) is 0 Å². The standard InChI is InChI=1S/C19H29NO/c1-2-11-20-19-17(14-15-9-12-21-13-10-15)8-7-16-5-3-4-6-18(16)19/h3-6,15,17,19-20H,2,7-14H2,1H3. The summed E-state index contributed by atoms with van der Waals surface area (Å²) in [6.07, 6.45) is 7.71. The van der Waals surface area contributed by atoms with Crippen LogP contribution < -0.4 is 5.32 Å². The van der Waals surface area contributed by atoms with Crippen LogP contribution in [0.5, 0.6) is 0 Å². The molecule has 2 atom stereocenters. The predicted molar refractivity (Wildman–Crippen MR) is 87.4 cm³/mol. The first-order chi connectivity index (χ1) is 10.4. The second kappa shape index (κ2) is 7.42. The molecule has 1 fully saturated rings. The summed E-state index contributed by atoms with van der Waals surface area (Å²) in [5, 5.41) is 3.84. The topological polar surface area (TPSA) is 21.3 Å². The predicted octanol–water partition coefficient (Wildman–Crippen LogP) is 4.11. The van der Waals surface area contributed by atoms with Crippen LogP contribution in [-0.2, 0) is 11.2 Å². The van der Waals surface area contributed by atoms with Crippen LogP contribution >= 0.6 is 0 Å². The number of rotatable bonds is 5. The van der Waals surface area contributed by atoms with Gasteiger partial charge in [-0.3, -0.25) is 0 Å². The van der Waals surface area contributed by atoms with Crippen LogP contribution in [0.4, 0.5) is 0 Å². The zero-order valence-electron chi connectivity index (χ0n) is 13.3. The molecule has 1 aliphatic heterocycles. The van der Waals surface area contributed by atoms with E-state index in [2.05, 4.69) is 36.5 Å². The van der Waals surface area contributed by atoms with Crippen molar-refractivity contribution in [2.45, 2.75) is 51.5 Å². The number of fused-ring (bicyclic) bond motifs is 1. The van der Waals surface area contributed by atoms with Crippen molar-refractivity contribution >= 4 is 0 Å². The molecule has 1 aromatic carbocycles. The Kier molecular flexibility index (Phi) is 5.32. The zero-order valence-corrected chi connectivity index (χ0v) is 13.3. The molecule has 3 rings (SSSR count). The molecule has 2 nitrogen and oxygen atoms in total. The van der Waals surface area contributed by atoms with Gasteiger partial charge in [0.15, 0.2) is 0 Å². The van der Waals surface area contributed by atoms with Gasteiger partial charge >= 0.3 is 0 Å². The summed E-state index contributed by atoms with van der Waals surface area (Å²) < 4.78 is 5.52. The molecule has 0 saturated carbocycles. The molecule has 0 spiro atoms. The summed E-state index contributed by atoms with van der Waals surface area (Å²) in [5.41, 5.74) is 3.13. The Morgan fingerprint density at radius 2 is 1.95 bits per heavy atom. The minimum Gasteiger partial charge on any atom is -0.381 e. The van der Waals surface area contributed by atoms with E-state index in [4.69, 9.17) is 4.74 Å². The van der Waals surface area contributed by atoms with Gasteiger partial charge in [0, 0.05) is 19.3 Å². The van der Waals surface area contributed by atoms with E-state index in [9.17, 15) is 0 Å². The van der Waals surface area contributed by atoms with Crippen molar-refractivity contribution in [1.29, 1.82) is 0 Å². The third-order valence-electron chi connectivity index (χ3n) is 5.24. The maximum atomic E-state index is 5.52. The molecule has 1 heterocycles. The molecule has 116 valence electrons. The fourth-order valence-corrected chi connectivity index (χ4v) is 4.07. The fraction of sp³-hybridized carbons (Fsp3) is 0.684. The number of nitrogens with one attached hydrogen (secondary N) is 1. The maximum absolute atomic E-state index is 5.52. The Morgan fingerprint density at radius 3 is 2.76 bits per heavy atom. The number of aryl methyl sites for hydroxylation is 1. The summed E-state index contributed by atoms with van der Waals surface area (Å²) in [6.45, 7) is 5.33. The molecule has 2 unspecified atom stereocenters.